The minimum Gasteiger partial charge on any atom is -0.332 e. The molecule has 1 heterocycles. The Morgan fingerprint density at radius 3 is 2.45 bits per heavy atom. The van der Waals surface area contributed by atoms with Crippen molar-refractivity contribution in [2.75, 3.05) is 16.8 Å². The zero-order valence-electron chi connectivity index (χ0n) is 12.6. The Hall–Kier alpha value is -2.20. The molecule has 112 valence electrons. The van der Waals surface area contributed by atoms with E-state index in [9.17, 15) is 0 Å². The SMILES string of the molecule is Cc1ccc(N(C(=S)Nc2ccccc2)C2=NCCC2)cc1. The van der Waals surface area contributed by atoms with Gasteiger partial charge >= 0.3 is 0 Å². The Labute approximate surface area is 136 Å². The number of nitrogens with zero attached hydrogens (tertiary/aromatic N) is 2. The second-order valence-electron chi connectivity index (χ2n) is 5.37. The predicted molar refractivity (Wildman–Crippen MR) is 97.9 cm³/mol. The Balaban J connectivity index is 1.88. The van der Waals surface area contributed by atoms with Crippen molar-refractivity contribution in [1.29, 1.82) is 0 Å². The molecule has 1 aliphatic heterocycles. The molecule has 3 nitrogen and oxygen atoms in total. The highest BCUT2D eigenvalue weighted by Gasteiger charge is 2.21. The van der Waals surface area contributed by atoms with Gasteiger partial charge in [0.1, 0.15) is 5.84 Å². The number of anilines is 2. The zero-order chi connectivity index (χ0) is 15.4. The topological polar surface area (TPSA) is 27.6 Å². The van der Waals surface area contributed by atoms with Crippen LogP contribution in [0.1, 0.15) is 18.4 Å². The lowest BCUT2D eigenvalue weighted by Gasteiger charge is -2.26. The van der Waals surface area contributed by atoms with Crippen LogP contribution in [0.2, 0.25) is 0 Å². The molecular weight excluding hydrogens is 290 g/mol. The summed E-state index contributed by atoms with van der Waals surface area (Å²) < 4.78 is 0. The summed E-state index contributed by atoms with van der Waals surface area (Å²) in [6.07, 6.45) is 2.05. The second kappa shape index (κ2) is 6.71. The summed E-state index contributed by atoms with van der Waals surface area (Å²) in [7, 11) is 0. The van der Waals surface area contributed by atoms with Crippen molar-refractivity contribution in [2.45, 2.75) is 19.8 Å². The lowest BCUT2D eigenvalue weighted by Crippen LogP contribution is -2.39. The lowest BCUT2D eigenvalue weighted by molar-refractivity contribution is 0.950. The van der Waals surface area contributed by atoms with Crippen LogP contribution in [0, 0.1) is 6.92 Å². The van der Waals surface area contributed by atoms with Gasteiger partial charge in [-0.1, -0.05) is 35.9 Å². The van der Waals surface area contributed by atoms with Gasteiger partial charge in [-0.15, -0.1) is 0 Å². The standard InChI is InChI=1S/C18H19N3S/c1-14-9-11-16(12-10-14)21(17-8-5-13-19-17)18(22)20-15-6-3-2-4-7-15/h2-4,6-7,9-12H,5,8,13H2,1H3,(H,20,22). The van der Waals surface area contributed by atoms with Gasteiger partial charge in [-0.3, -0.25) is 9.89 Å². The molecule has 0 saturated heterocycles. The van der Waals surface area contributed by atoms with E-state index in [1.165, 1.54) is 5.56 Å². The molecule has 0 amide bonds. The second-order valence-corrected chi connectivity index (χ2v) is 5.76. The molecule has 0 bridgehead atoms. The first-order chi connectivity index (χ1) is 10.7. The van der Waals surface area contributed by atoms with Crippen LogP contribution in [0.25, 0.3) is 0 Å². The molecule has 1 N–H and O–H groups in total. The van der Waals surface area contributed by atoms with E-state index < -0.39 is 0 Å². The van der Waals surface area contributed by atoms with Crippen molar-refractivity contribution in [2.24, 2.45) is 4.99 Å². The normalized spacial score (nSPS) is 13.6. The average molecular weight is 309 g/mol. The molecule has 0 aliphatic carbocycles. The highest BCUT2D eigenvalue weighted by atomic mass is 32.1. The third-order valence-corrected chi connectivity index (χ3v) is 3.92. The van der Waals surface area contributed by atoms with E-state index in [1.807, 2.05) is 30.3 Å². The van der Waals surface area contributed by atoms with Crippen LogP contribution in [-0.2, 0) is 0 Å². The van der Waals surface area contributed by atoms with Crippen molar-refractivity contribution in [3.05, 3.63) is 60.2 Å². The average Bonchev–Trinajstić information content (AvgIpc) is 3.04. The number of aliphatic imine (C=N–C) groups is 1. The van der Waals surface area contributed by atoms with Crippen molar-refractivity contribution in [1.82, 2.24) is 0 Å². The van der Waals surface area contributed by atoms with Gasteiger partial charge in [0.25, 0.3) is 0 Å². The molecule has 0 radical (unpaired) electrons. The van der Waals surface area contributed by atoms with Gasteiger partial charge in [-0.25, -0.2) is 0 Å². The van der Waals surface area contributed by atoms with Crippen molar-refractivity contribution in [3.8, 4) is 0 Å². The van der Waals surface area contributed by atoms with E-state index in [0.717, 1.165) is 36.6 Å². The van der Waals surface area contributed by atoms with Gasteiger partial charge < -0.3 is 5.32 Å². The molecule has 1 aliphatic rings. The number of thiocarbonyl (C=S) groups is 1. The van der Waals surface area contributed by atoms with E-state index in [1.54, 1.807) is 0 Å². The number of aryl methyl sites for hydroxylation is 1. The van der Waals surface area contributed by atoms with Crippen LogP contribution in [0.4, 0.5) is 11.4 Å². The summed E-state index contributed by atoms with van der Waals surface area (Å²) in [5, 5.41) is 3.97. The van der Waals surface area contributed by atoms with Crippen molar-refractivity contribution >= 4 is 34.5 Å². The van der Waals surface area contributed by atoms with Crippen LogP contribution in [-0.4, -0.2) is 17.5 Å². The Kier molecular flexibility index (Phi) is 4.49. The third kappa shape index (κ3) is 3.34. The lowest BCUT2D eigenvalue weighted by atomic mass is 10.2. The summed E-state index contributed by atoms with van der Waals surface area (Å²) in [6, 6.07) is 18.4. The van der Waals surface area contributed by atoms with E-state index in [2.05, 4.69) is 46.4 Å². The first-order valence-electron chi connectivity index (χ1n) is 7.50. The maximum Gasteiger partial charge on any atom is 0.183 e. The molecule has 3 rings (SSSR count). The quantitative estimate of drug-likeness (QED) is 0.834. The number of hydrogen-bond donors (Lipinski definition) is 1. The Morgan fingerprint density at radius 1 is 1.09 bits per heavy atom. The smallest absolute Gasteiger partial charge is 0.183 e. The molecule has 22 heavy (non-hydrogen) atoms. The fourth-order valence-electron chi connectivity index (χ4n) is 2.49. The third-order valence-electron chi connectivity index (χ3n) is 3.63. The summed E-state index contributed by atoms with van der Waals surface area (Å²) >= 11 is 5.64. The van der Waals surface area contributed by atoms with Crippen LogP contribution >= 0.6 is 12.2 Å². The maximum atomic E-state index is 5.64. The highest BCUT2D eigenvalue weighted by molar-refractivity contribution is 7.80. The number of rotatable bonds is 2. The van der Waals surface area contributed by atoms with Gasteiger partial charge in [0.15, 0.2) is 5.11 Å². The van der Waals surface area contributed by atoms with E-state index in [4.69, 9.17) is 12.2 Å². The zero-order valence-corrected chi connectivity index (χ0v) is 13.4. The van der Waals surface area contributed by atoms with Gasteiger partial charge in [0.05, 0.1) is 0 Å². The van der Waals surface area contributed by atoms with Gasteiger partial charge in [0.2, 0.25) is 0 Å². The molecular formula is C18H19N3S. The molecule has 0 aromatic heterocycles. The monoisotopic (exact) mass is 309 g/mol. The van der Waals surface area contributed by atoms with Gasteiger partial charge in [-0.2, -0.15) is 0 Å². The summed E-state index contributed by atoms with van der Waals surface area (Å²) in [4.78, 5) is 6.66. The molecule has 0 fully saturated rings. The molecule has 0 spiro atoms. The largest absolute Gasteiger partial charge is 0.332 e. The van der Waals surface area contributed by atoms with Crippen LogP contribution in [0.3, 0.4) is 0 Å². The molecule has 2 aromatic rings. The number of benzene rings is 2. The van der Waals surface area contributed by atoms with Crippen LogP contribution < -0.4 is 10.2 Å². The van der Waals surface area contributed by atoms with Gasteiger partial charge in [0, 0.05) is 24.3 Å². The molecule has 4 heteroatoms. The molecule has 2 aromatic carbocycles. The fourth-order valence-corrected chi connectivity index (χ4v) is 2.81. The molecule has 0 atom stereocenters. The summed E-state index contributed by atoms with van der Waals surface area (Å²) in [5.41, 5.74) is 3.28. The van der Waals surface area contributed by atoms with Crippen molar-refractivity contribution < 1.29 is 0 Å². The van der Waals surface area contributed by atoms with Gasteiger partial charge in [-0.05, 0) is 49.8 Å². The maximum absolute atomic E-state index is 5.64. The first-order valence-corrected chi connectivity index (χ1v) is 7.91. The summed E-state index contributed by atoms with van der Waals surface area (Å²) in [5.74, 6) is 1.04. The van der Waals surface area contributed by atoms with Crippen molar-refractivity contribution in [3.63, 3.8) is 0 Å². The van der Waals surface area contributed by atoms with Crippen LogP contribution in [0.5, 0.6) is 0 Å². The minimum absolute atomic E-state index is 0.663. The van der Waals surface area contributed by atoms with E-state index in [0.29, 0.717) is 5.11 Å². The van der Waals surface area contributed by atoms with E-state index in [-0.39, 0.29) is 0 Å². The Bertz CT molecular complexity index is 677. The fraction of sp³-hybridized carbons (Fsp3) is 0.222. The number of amidine groups is 1. The number of hydrogen-bond acceptors (Lipinski definition) is 2. The first kappa shape index (κ1) is 14.7. The molecule has 0 saturated carbocycles. The summed E-state index contributed by atoms with van der Waals surface area (Å²) in [6.45, 7) is 2.97. The van der Waals surface area contributed by atoms with E-state index >= 15 is 0 Å². The molecule has 0 unspecified atom stereocenters. The predicted octanol–water partition coefficient (Wildman–Crippen LogP) is 4.39. The van der Waals surface area contributed by atoms with Crippen LogP contribution in [0.15, 0.2) is 59.6 Å². The number of nitrogens with one attached hydrogen (secondary N) is 1. The Morgan fingerprint density at radius 2 is 1.82 bits per heavy atom. The highest BCUT2D eigenvalue weighted by Crippen LogP contribution is 2.21. The minimum atomic E-state index is 0.663. The number of para-hydroxylation sites is 1.